The fourth-order valence-corrected chi connectivity index (χ4v) is 2.82. The Morgan fingerprint density at radius 1 is 0.852 bits per heavy atom. The van der Waals surface area contributed by atoms with Crippen molar-refractivity contribution < 1.29 is 39.4 Å². The summed E-state index contributed by atoms with van der Waals surface area (Å²) in [6.07, 6.45) is -0.349. The highest BCUT2D eigenvalue weighted by Crippen LogP contribution is 2.22. The van der Waals surface area contributed by atoms with E-state index in [1.807, 2.05) is 0 Å². The molecule has 162 valence electrons. The van der Waals surface area contributed by atoms with Crippen LogP contribution in [0.5, 0.6) is 0 Å². The first kappa shape index (κ1) is 24.7. The van der Waals surface area contributed by atoms with Gasteiger partial charge in [0.15, 0.2) is 6.29 Å². The van der Waals surface area contributed by atoms with E-state index in [9.17, 15) is 20.4 Å². The van der Waals surface area contributed by atoms with Crippen LogP contribution in [0.15, 0.2) is 0 Å². The zero-order chi connectivity index (χ0) is 20.1. The van der Waals surface area contributed by atoms with E-state index in [2.05, 4.69) is 13.8 Å². The van der Waals surface area contributed by atoms with Gasteiger partial charge in [-0.25, -0.2) is 0 Å². The second-order valence-electron chi connectivity index (χ2n) is 7.01. The first-order valence-corrected chi connectivity index (χ1v) is 10.2. The summed E-state index contributed by atoms with van der Waals surface area (Å²) in [4.78, 5) is 0. The molecule has 1 fully saturated rings. The Balaban J connectivity index is 2.46. The molecule has 1 aliphatic heterocycles. The lowest BCUT2D eigenvalue weighted by Gasteiger charge is -2.39. The van der Waals surface area contributed by atoms with Crippen molar-refractivity contribution >= 4 is 0 Å². The van der Waals surface area contributed by atoms with Crippen LogP contribution >= 0.6 is 0 Å². The van der Waals surface area contributed by atoms with E-state index in [0.717, 1.165) is 38.5 Å². The standard InChI is InChI=1S/C19H38O8/c1-3-5-7-9-24-12-14(25-10-8-6-4-2)13-26-19-18(23)17(22)16(21)15(11-20)27-19/h14-23H,3-13H2,1-2H3/t14-,15-,16+,17+,18-,19?/m1/s1. The summed E-state index contributed by atoms with van der Waals surface area (Å²) in [5.74, 6) is 0. The molecule has 0 aromatic carbocycles. The normalized spacial score (nSPS) is 29.8. The third-order valence-corrected chi connectivity index (χ3v) is 4.59. The van der Waals surface area contributed by atoms with Crippen molar-refractivity contribution in [1.29, 1.82) is 0 Å². The van der Waals surface area contributed by atoms with Crippen LogP contribution in [-0.2, 0) is 18.9 Å². The predicted molar refractivity (Wildman–Crippen MR) is 99.3 cm³/mol. The lowest BCUT2D eigenvalue weighted by atomic mass is 9.99. The van der Waals surface area contributed by atoms with Crippen LogP contribution in [0.4, 0.5) is 0 Å². The second kappa shape index (κ2) is 14.6. The lowest BCUT2D eigenvalue weighted by molar-refractivity contribution is -0.306. The SMILES string of the molecule is CCCCCOC[C@H](COC1O[C@H](CO)[C@H](O)[C@H](O)[C@H]1O)OCCCCC. The highest BCUT2D eigenvalue weighted by molar-refractivity contribution is 4.88. The van der Waals surface area contributed by atoms with Gasteiger partial charge >= 0.3 is 0 Å². The minimum absolute atomic E-state index is 0.114. The molecular formula is C19H38O8. The molecule has 4 N–H and O–H groups in total. The Bertz CT molecular complexity index is 355. The van der Waals surface area contributed by atoms with Crippen molar-refractivity contribution in [2.45, 2.75) is 89.2 Å². The molecule has 1 aliphatic rings. The number of ether oxygens (including phenoxy) is 4. The van der Waals surface area contributed by atoms with Crippen molar-refractivity contribution in [3.63, 3.8) is 0 Å². The molecule has 1 saturated heterocycles. The minimum Gasteiger partial charge on any atom is -0.394 e. The van der Waals surface area contributed by atoms with Crippen molar-refractivity contribution in [3.8, 4) is 0 Å². The highest BCUT2D eigenvalue weighted by atomic mass is 16.7. The number of aliphatic hydroxyl groups is 4. The molecule has 8 heteroatoms. The molecule has 27 heavy (non-hydrogen) atoms. The summed E-state index contributed by atoms with van der Waals surface area (Å²) in [5.41, 5.74) is 0. The smallest absolute Gasteiger partial charge is 0.186 e. The van der Waals surface area contributed by atoms with Gasteiger partial charge < -0.3 is 39.4 Å². The number of aliphatic hydroxyl groups excluding tert-OH is 4. The van der Waals surface area contributed by atoms with E-state index in [0.29, 0.717) is 19.8 Å². The van der Waals surface area contributed by atoms with E-state index in [1.54, 1.807) is 0 Å². The van der Waals surface area contributed by atoms with Gasteiger partial charge in [-0.05, 0) is 12.8 Å². The van der Waals surface area contributed by atoms with Crippen molar-refractivity contribution in [1.82, 2.24) is 0 Å². The molecule has 0 saturated carbocycles. The summed E-state index contributed by atoms with van der Waals surface area (Å²) in [7, 11) is 0. The van der Waals surface area contributed by atoms with Crippen LogP contribution in [0.3, 0.4) is 0 Å². The van der Waals surface area contributed by atoms with Gasteiger partial charge in [-0.2, -0.15) is 0 Å². The molecule has 0 radical (unpaired) electrons. The summed E-state index contributed by atoms with van der Waals surface area (Å²) in [5, 5.41) is 38.9. The van der Waals surface area contributed by atoms with E-state index in [4.69, 9.17) is 18.9 Å². The molecule has 1 heterocycles. The van der Waals surface area contributed by atoms with Crippen LogP contribution in [0.25, 0.3) is 0 Å². The highest BCUT2D eigenvalue weighted by Gasteiger charge is 2.44. The molecule has 1 unspecified atom stereocenters. The maximum atomic E-state index is 10.0. The van der Waals surface area contributed by atoms with Gasteiger partial charge in [0.25, 0.3) is 0 Å². The summed E-state index contributed by atoms with van der Waals surface area (Å²) in [6.45, 7) is 5.50. The maximum absolute atomic E-state index is 10.0. The van der Waals surface area contributed by atoms with Crippen LogP contribution in [0, 0.1) is 0 Å². The molecular weight excluding hydrogens is 356 g/mol. The molecule has 6 atom stereocenters. The van der Waals surface area contributed by atoms with Gasteiger partial charge in [0.2, 0.25) is 0 Å². The van der Waals surface area contributed by atoms with Gasteiger partial charge in [0, 0.05) is 13.2 Å². The fraction of sp³-hybridized carbons (Fsp3) is 1.00. The summed E-state index contributed by atoms with van der Waals surface area (Å²) >= 11 is 0. The number of rotatable bonds is 15. The number of hydrogen-bond acceptors (Lipinski definition) is 8. The molecule has 0 aromatic heterocycles. The van der Waals surface area contributed by atoms with Gasteiger partial charge in [-0.3, -0.25) is 0 Å². The Hall–Kier alpha value is -0.320. The Morgan fingerprint density at radius 3 is 2.15 bits per heavy atom. The molecule has 0 aliphatic carbocycles. The first-order chi connectivity index (χ1) is 13.0. The van der Waals surface area contributed by atoms with Gasteiger partial charge in [-0.15, -0.1) is 0 Å². The average molecular weight is 395 g/mol. The monoisotopic (exact) mass is 394 g/mol. The first-order valence-electron chi connectivity index (χ1n) is 10.2. The van der Waals surface area contributed by atoms with E-state index in [1.165, 1.54) is 0 Å². The topological polar surface area (TPSA) is 118 Å². The minimum atomic E-state index is -1.45. The van der Waals surface area contributed by atoms with E-state index in [-0.39, 0.29) is 12.7 Å². The second-order valence-corrected chi connectivity index (χ2v) is 7.01. The molecule has 8 nitrogen and oxygen atoms in total. The summed E-state index contributed by atoms with van der Waals surface area (Å²) < 4.78 is 22.4. The molecule has 0 bridgehead atoms. The van der Waals surface area contributed by atoms with Gasteiger partial charge in [0.05, 0.1) is 19.8 Å². The van der Waals surface area contributed by atoms with E-state index >= 15 is 0 Å². The zero-order valence-corrected chi connectivity index (χ0v) is 16.7. The Morgan fingerprint density at radius 2 is 1.52 bits per heavy atom. The Labute approximate surface area is 162 Å². The predicted octanol–water partition coefficient (Wildman–Crippen LogP) is 0.585. The molecule has 1 rings (SSSR count). The molecule has 0 spiro atoms. The van der Waals surface area contributed by atoms with Crippen molar-refractivity contribution in [2.75, 3.05) is 33.0 Å². The molecule has 0 amide bonds. The van der Waals surface area contributed by atoms with Gasteiger partial charge in [0.1, 0.15) is 30.5 Å². The van der Waals surface area contributed by atoms with Crippen molar-refractivity contribution in [3.05, 3.63) is 0 Å². The Kier molecular flexibility index (Phi) is 13.4. The largest absolute Gasteiger partial charge is 0.394 e. The zero-order valence-electron chi connectivity index (χ0n) is 16.7. The van der Waals surface area contributed by atoms with Crippen molar-refractivity contribution in [2.24, 2.45) is 0 Å². The average Bonchev–Trinajstić information content (AvgIpc) is 2.68. The fourth-order valence-electron chi connectivity index (χ4n) is 2.82. The van der Waals surface area contributed by atoms with Crippen LogP contribution in [0.2, 0.25) is 0 Å². The third-order valence-electron chi connectivity index (χ3n) is 4.59. The van der Waals surface area contributed by atoms with E-state index < -0.39 is 37.3 Å². The third kappa shape index (κ3) is 9.15. The summed E-state index contributed by atoms with van der Waals surface area (Å²) in [6, 6.07) is 0. The van der Waals surface area contributed by atoms with Crippen LogP contribution in [0.1, 0.15) is 52.4 Å². The lowest BCUT2D eigenvalue weighted by Crippen LogP contribution is -2.59. The maximum Gasteiger partial charge on any atom is 0.186 e. The van der Waals surface area contributed by atoms with Crippen LogP contribution in [-0.4, -0.2) is 90.3 Å². The number of unbranched alkanes of at least 4 members (excludes halogenated alkanes) is 4. The van der Waals surface area contributed by atoms with Gasteiger partial charge in [-0.1, -0.05) is 39.5 Å². The molecule has 0 aromatic rings. The quantitative estimate of drug-likeness (QED) is 0.298. The number of hydrogen-bond donors (Lipinski definition) is 4. The van der Waals surface area contributed by atoms with Crippen LogP contribution < -0.4 is 0 Å².